The maximum absolute atomic E-state index is 12.5. The first kappa shape index (κ1) is 18.9. The summed E-state index contributed by atoms with van der Waals surface area (Å²) >= 11 is 0. The van der Waals surface area contributed by atoms with Crippen LogP contribution in [-0.2, 0) is 4.79 Å². The lowest BCUT2D eigenvalue weighted by molar-refractivity contribution is -0.117. The van der Waals surface area contributed by atoms with Crippen molar-refractivity contribution in [3.63, 3.8) is 0 Å². The summed E-state index contributed by atoms with van der Waals surface area (Å²) in [7, 11) is 0. The van der Waals surface area contributed by atoms with Gasteiger partial charge in [0.15, 0.2) is 5.65 Å². The number of nitrogens with one attached hydrogen (secondary N) is 2. The van der Waals surface area contributed by atoms with Gasteiger partial charge in [0.1, 0.15) is 17.0 Å². The second kappa shape index (κ2) is 7.90. The van der Waals surface area contributed by atoms with E-state index in [1.54, 1.807) is 43.5 Å². The zero-order chi connectivity index (χ0) is 20.4. The van der Waals surface area contributed by atoms with Crippen LogP contribution in [0.2, 0.25) is 0 Å². The number of fused-ring (bicyclic) bond motifs is 1. The first-order valence-electron chi connectivity index (χ1n) is 9.76. The molecule has 1 amide bonds. The van der Waals surface area contributed by atoms with Crippen LogP contribution in [0.25, 0.3) is 17.1 Å². The second-order valence-electron chi connectivity index (χ2n) is 7.37. The molecule has 1 atom stereocenters. The third kappa shape index (κ3) is 4.06. The van der Waals surface area contributed by atoms with Gasteiger partial charge in [0.2, 0.25) is 5.91 Å². The smallest absolute Gasteiger partial charge is 0.262 e. The fraction of sp³-hybridized carbons (Fsp3) is 0.333. The largest absolute Gasteiger partial charge is 0.508 e. The van der Waals surface area contributed by atoms with E-state index in [4.69, 9.17) is 0 Å². The number of benzene rings is 1. The minimum atomic E-state index is -0.486. The number of phenolic OH excluding ortho intramolecular Hbond substituents is 1. The highest BCUT2D eigenvalue weighted by Gasteiger charge is 2.22. The Hall–Kier alpha value is -3.42. The average Bonchev–Trinajstić information content (AvgIpc) is 3.36. The molecule has 0 aliphatic heterocycles. The van der Waals surface area contributed by atoms with Crippen molar-refractivity contribution in [3.8, 4) is 5.75 Å². The van der Waals surface area contributed by atoms with Gasteiger partial charge in [-0.2, -0.15) is 5.10 Å². The lowest BCUT2D eigenvalue weighted by atomic mass is 10.2. The van der Waals surface area contributed by atoms with Gasteiger partial charge in [-0.3, -0.25) is 9.59 Å². The quantitative estimate of drug-likeness (QED) is 0.577. The van der Waals surface area contributed by atoms with E-state index in [-0.39, 0.29) is 23.3 Å². The summed E-state index contributed by atoms with van der Waals surface area (Å²) in [5.41, 5.74) is 1.01. The van der Waals surface area contributed by atoms with Crippen molar-refractivity contribution in [1.82, 2.24) is 25.1 Å². The molecule has 1 aromatic carbocycles. The number of aromatic nitrogens is 4. The third-order valence-electron chi connectivity index (χ3n) is 5.22. The van der Waals surface area contributed by atoms with Gasteiger partial charge in [-0.15, -0.1) is 0 Å². The number of aromatic hydroxyl groups is 1. The molecule has 0 unspecified atom stereocenters. The van der Waals surface area contributed by atoms with Crippen LogP contribution in [-0.4, -0.2) is 30.8 Å². The van der Waals surface area contributed by atoms with Gasteiger partial charge in [-0.25, -0.2) is 9.67 Å². The topological polar surface area (TPSA) is 113 Å². The van der Waals surface area contributed by atoms with E-state index in [1.807, 2.05) is 4.68 Å². The van der Waals surface area contributed by atoms with Crippen molar-refractivity contribution < 1.29 is 9.90 Å². The normalized spacial score (nSPS) is 15.9. The standard InChI is InChI=1S/C21H23N5O3/c1-13(23-18(28)10-9-14-5-4-8-16(27)11-14)19-24-20-17(21(29)25-19)12-22-26(20)15-6-2-3-7-15/h4-5,8-13,15,27H,2-3,6-7H2,1H3,(H,23,28)(H,24,25,29)/b10-9+/t13-/m1/s1. The Kier molecular flexibility index (Phi) is 5.16. The molecule has 29 heavy (non-hydrogen) atoms. The van der Waals surface area contributed by atoms with Crippen molar-refractivity contribution in [3.05, 3.63) is 58.3 Å². The van der Waals surface area contributed by atoms with E-state index < -0.39 is 6.04 Å². The van der Waals surface area contributed by atoms with E-state index in [2.05, 4.69) is 20.4 Å². The Morgan fingerprint density at radius 3 is 2.93 bits per heavy atom. The lowest BCUT2D eigenvalue weighted by Gasteiger charge is -2.14. The van der Waals surface area contributed by atoms with Crippen LogP contribution < -0.4 is 10.9 Å². The van der Waals surface area contributed by atoms with Gasteiger partial charge in [-0.1, -0.05) is 25.0 Å². The summed E-state index contributed by atoms with van der Waals surface area (Å²) in [6.45, 7) is 1.76. The molecular formula is C21H23N5O3. The van der Waals surface area contributed by atoms with Crippen LogP contribution in [0.1, 0.15) is 56.1 Å². The van der Waals surface area contributed by atoms with Crippen molar-refractivity contribution in [2.75, 3.05) is 0 Å². The molecule has 4 rings (SSSR count). The van der Waals surface area contributed by atoms with E-state index in [0.29, 0.717) is 22.4 Å². The predicted octanol–water partition coefficient (Wildman–Crippen LogP) is 2.83. The number of phenols is 1. The summed E-state index contributed by atoms with van der Waals surface area (Å²) < 4.78 is 1.84. The van der Waals surface area contributed by atoms with Crippen molar-refractivity contribution in [2.24, 2.45) is 0 Å². The van der Waals surface area contributed by atoms with Gasteiger partial charge in [0, 0.05) is 6.08 Å². The van der Waals surface area contributed by atoms with Crippen molar-refractivity contribution >= 4 is 23.0 Å². The van der Waals surface area contributed by atoms with Crippen LogP contribution in [0.4, 0.5) is 0 Å². The maximum atomic E-state index is 12.5. The Bertz CT molecular complexity index is 1120. The van der Waals surface area contributed by atoms with Crippen molar-refractivity contribution in [2.45, 2.75) is 44.7 Å². The summed E-state index contributed by atoms with van der Waals surface area (Å²) in [5, 5.41) is 17.1. The maximum Gasteiger partial charge on any atom is 0.262 e. The number of carbonyl (C=O) groups is 1. The third-order valence-corrected chi connectivity index (χ3v) is 5.22. The number of amides is 1. The molecule has 2 aromatic heterocycles. The molecule has 1 aliphatic carbocycles. The van der Waals surface area contributed by atoms with E-state index in [0.717, 1.165) is 25.7 Å². The SMILES string of the molecule is C[C@@H](NC(=O)/C=C/c1cccc(O)c1)c1nc2c(cnn2C2CCCC2)c(=O)[nH]1. The van der Waals surface area contributed by atoms with Crippen LogP contribution in [0.5, 0.6) is 5.75 Å². The van der Waals surface area contributed by atoms with Gasteiger partial charge in [-0.05, 0) is 43.5 Å². The minimum Gasteiger partial charge on any atom is -0.508 e. The molecule has 1 saturated carbocycles. The van der Waals surface area contributed by atoms with E-state index in [1.165, 1.54) is 6.08 Å². The second-order valence-corrected chi connectivity index (χ2v) is 7.37. The summed E-state index contributed by atoms with van der Waals surface area (Å²) in [6.07, 6.45) is 8.92. The van der Waals surface area contributed by atoms with E-state index in [9.17, 15) is 14.7 Å². The molecule has 0 spiro atoms. The number of rotatable bonds is 5. The van der Waals surface area contributed by atoms with Crippen LogP contribution in [0.3, 0.4) is 0 Å². The van der Waals surface area contributed by atoms with Gasteiger partial charge < -0.3 is 15.4 Å². The monoisotopic (exact) mass is 393 g/mol. The fourth-order valence-electron chi connectivity index (χ4n) is 3.70. The van der Waals surface area contributed by atoms with Crippen molar-refractivity contribution in [1.29, 1.82) is 0 Å². The molecule has 2 heterocycles. The number of aromatic amines is 1. The van der Waals surface area contributed by atoms with E-state index >= 15 is 0 Å². The number of hydrogen-bond acceptors (Lipinski definition) is 5. The Morgan fingerprint density at radius 1 is 1.38 bits per heavy atom. The zero-order valence-electron chi connectivity index (χ0n) is 16.1. The summed E-state index contributed by atoms with van der Waals surface area (Å²) in [5.74, 6) is 0.198. The highest BCUT2D eigenvalue weighted by atomic mass is 16.3. The van der Waals surface area contributed by atoms with Gasteiger partial charge in [0.25, 0.3) is 5.56 Å². The predicted molar refractivity (Wildman–Crippen MR) is 109 cm³/mol. The van der Waals surface area contributed by atoms with Gasteiger partial charge in [0.05, 0.1) is 18.3 Å². The zero-order valence-corrected chi connectivity index (χ0v) is 16.1. The first-order valence-corrected chi connectivity index (χ1v) is 9.76. The lowest BCUT2D eigenvalue weighted by Crippen LogP contribution is -2.28. The molecule has 150 valence electrons. The Balaban J connectivity index is 1.53. The molecule has 3 aromatic rings. The van der Waals surface area contributed by atoms with Gasteiger partial charge >= 0.3 is 0 Å². The molecule has 8 nitrogen and oxygen atoms in total. The Labute approximate surface area is 167 Å². The molecule has 8 heteroatoms. The molecule has 1 aliphatic rings. The van der Waals surface area contributed by atoms with Crippen LogP contribution in [0.15, 0.2) is 41.3 Å². The molecule has 3 N–H and O–H groups in total. The average molecular weight is 393 g/mol. The summed E-state index contributed by atoms with van der Waals surface area (Å²) in [6, 6.07) is 6.39. The minimum absolute atomic E-state index is 0.134. The highest BCUT2D eigenvalue weighted by Crippen LogP contribution is 2.30. The van der Waals surface area contributed by atoms with Crippen LogP contribution >= 0.6 is 0 Å². The number of nitrogens with zero attached hydrogens (tertiary/aromatic N) is 3. The molecular weight excluding hydrogens is 370 g/mol. The molecule has 0 radical (unpaired) electrons. The number of H-pyrrole nitrogens is 1. The highest BCUT2D eigenvalue weighted by molar-refractivity contribution is 5.92. The number of carbonyl (C=O) groups excluding carboxylic acids is 1. The Morgan fingerprint density at radius 2 is 2.17 bits per heavy atom. The molecule has 0 bridgehead atoms. The molecule has 0 saturated heterocycles. The molecule has 1 fully saturated rings. The number of hydrogen-bond donors (Lipinski definition) is 3. The fourth-order valence-corrected chi connectivity index (χ4v) is 3.70. The van der Waals surface area contributed by atoms with Crippen LogP contribution in [0, 0.1) is 0 Å². The first-order chi connectivity index (χ1) is 14.0. The summed E-state index contributed by atoms with van der Waals surface area (Å²) in [4.78, 5) is 32.1.